The van der Waals surface area contributed by atoms with Crippen LogP contribution in [0.5, 0.6) is 0 Å². The lowest BCUT2D eigenvalue weighted by atomic mass is 10.0. The van der Waals surface area contributed by atoms with Crippen molar-refractivity contribution in [3.8, 4) is 0 Å². The number of benzene rings is 1. The molecule has 1 rings (SSSR count). The van der Waals surface area contributed by atoms with Gasteiger partial charge in [0.2, 0.25) is 0 Å². The molecule has 0 saturated heterocycles. The summed E-state index contributed by atoms with van der Waals surface area (Å²) in [5, 5.41) is 2.54. The quantitative estimate of drug-likeness (QED) is 0.566. The second-order valence-electron chi connectivity index (χ2n) is 5.20. The van der Waals surface area contributed by atoms with E-state index >= 15 is 0 Å². The lowest BCUT2D eigenvalue weighted by molar-refractivity contribution is -0.145. The van der Waals surface area contributed by atoms with E-state index in [4.69, 9.17) is 4.74 Å². The molecule has 1 aromatic rings. The van der Waals surface area contributed by atoms with Crippen molar-refractivity contribution in [2.45, 2.75) is 39.0 Å². The molecular formula is C16H23NO3S2. The lowest BCUT2D eigenvalue weighted by Crippen LogP contribution is -2.40. The first-order valence-electron chi connectivity index (χ1n) is 7.33. The van der Waals surface area contributed by atoms with E-state index in [1.54, 1.807) is 6.92 Å². The highest BCUT2D eigenvalue weighted by Gasteiger charge is 2.23. The van der Waals surface area contributed by atoms with E-state index in [1.807, 2.05) is 44.2 Å². The lowest BCUT2D eigenvalue weighted by Gasteiger charge is -2.18. The van der Waals surface area contributed by atoms with Crippen molar-refractivity contribution in [1.29, 1.82) is 0 Å². The zero-order chi connectivity index (χ0) is 16.4. The largest absolute Gasteiger partial charge is 0.464 e. The maximum atomic E-state index is 12.0. The Kier molecular flexibility index (Phi) is 9.08. The fraction of sp³-hybridized carbons (Fsp3) is 0.500. The predicted octanol–water partition coefficient (Wildman–Crippen LogP) is 4.26. The van der Waals surface area contributed by atoms with Crippen LogP contribution in [-0.2, 0) is 15.3 Å². The molecule has 122 valence electrons. The molecule has 0 spiro atoms. The van der Waals surface area contributed by atoms with Crippen molar-refractivity contribution in [2.24, 2.45) is 5.92 Å². The molecule has 6 heteroatoms. The molecule has 0 heterocycles. The van der Waals surface area contributed by atoms with Crippen LogP contribution in [0.2, 0.25) is 0 Å². The number of hydrogen-bond acceptors (Lipinski definition) is 5. The average Bonchev–Trinajstić information content (AvgIpc) is 2.47. The smallest absolute Gasteiger partial charge is 0.328 e. The Hall–Kier alpha value is -1.14. The maximum absolute atomic E-state index is 12.0. The summed E-state index contributed by atoms with van der Waals surface area (Å²) in [6.45, 7) is 6.10. The summed E-state index contributed by atoms with van der Waals surface area (Å²) < 4.78 is 5.01. The number of esters is 1. The molecule has 0 aliphatic heterocycles. The summed E-state index contributed by atoms with van der Waals surface area (Å²) in [6.07, 6.45) is 0.578. The van der Waals surface area contributed by atoms with Crippen molar-refractivity contribution in [3.63, 3.8) is 0 Å². The van der Waals surface area contributed by atoms with Crippen molar-refractivity contribution < 1.29 is 14.3 Å². The topological polar surface area (TPSA) is 55.4 Å². The summed E-state index contributed by atoms with van der Waals surface area (Å²) in [4.78, 5) is 23.8. The monoisotopic (exact) mass is 341 g/mol. The van der Waals surface area contributed by atoms with Crippen LogP contribution in [-0.4, -0.2) is 23.9 Å². The highest BCUT2D eigenvalue weighted by atomic mass is 33.1. The van der Waals surface area contributed by atoms with Gasteiger partial charge >= 0.3 is 5.97 Å². The zero-order valence-corrected chi connectivity index (χ0v) is 14.8. The fourth-order valence-corrected chi connectivity index (χ4v) is 3.56. The van der Waals surface area contributed by atoms with E-state index in [0.29, 0.717) is 18.9 Å². The van der Waals surface area contributed by atoms with Crippen molar-refractivity contribution in [1.82, 2.24) is 5.32 Å². The van der Waals surface area contributed by atoms with Crippen molar-refractivity contribution in [3.05, 3.63) is 35.9 Å². The average molecular weight is 341 g/mol. The molecule has 1 N–H and O–H groups in total. The molecule has 1 amide bonds. The Morgan fingerprint density at radius 1 is 1.23 bits per heavy atom. The third-order valence-corrected chi connectivity index (χ3v) is 4.77. The standard InChI is InChI=1S/C16H23NO3S2/c1-4-20-15(18)14(10-12(2)3)17-16(19)22-21-11-13-8-6-5-7-9-13/h5-9,12,14H,4,10-11H2,1-3H3,(H,17,19). The Balaban J connectivity index is 2.40. The number of rotatable bonds is 8. The normalized spacial score (nSPS) is 12.0. The van der Waals surface area contributed by atoms with Gasteiger partial charge in [-0.2, -0.15) is 0 Å². The van der Waals surface area contributed by atoms with Crippen LogP contribution in [0, 0.1) is 5.92 Å². The molecular weight excluding hydrogens is 318 g/mol. The van der Waals surface area contributed by atoms with Crippen LogP contribution >= 0.6 is 21.6 Å². The molecule has 0 aliphatic carbocycles. The third kappa shape index (κ3) is 7.75. The van der Waals surface area contributed by atoms with Crippen molar-refractivity contribution >= 4 is 32.8 Å². The van der Waals surface area contributed by atoms with Crippen LogP contribution < -0.4 is 5.32 Å². The maximum Gasteiger partial charge on any atom is 0.328 e. The summed E-state index contributed by atoms with van der Waals surface area (Å²) >= 11 is 0. The Morgan fingerprint density at radius 2 is 1.91 bits per heavy atom. The van der Waals surface area contributed by atoms with Crippen LogP contribution in [0.1, 0.15) is 32.8 Å². The molecule has 0 radical (unpaired) electrons. The Bertz CT molecular complexity index is 466. The van der Waals surface area contributed by atoms with Gasteiger partial charge in [-0.05, 0) is 24.8 Å². The van der Waals surface area contributed by atoms with E-state index in [0.717, 1.165) is 22.1 Å². The van der Waals surface area contributed by atoms with Crippen LogP contribution in [0.3, 0.4) is 0 Å². The summed E-state index contributed by atoms with van der Waals surface area (Å²) in [6, 6.07) is 9.37. The number of hydrogen-bond donors (Lipinski definition) is 1. The molecule has 22 heavy (non-hydrogen) atoms. The second kappa shape index (κ2) is 10.6. The summed E-state index contributed by atoms with van der Waals surface area (Å²) in [5.41, 5.74) is 1.16. The van der Waals surface area contributed by atoms with E-state index < -0.39 is 6.04 Å². The minimum Gasteiger partial charge on any atom is -0.464 e. The molecule has 4 nitrogen and oxygen atoms in total. The molecule has 0 aliphatic rings. The van der Waals surface area contributed by atoms with Gasteiger partial charge < -0.3 is 10.1 Å². The summed E-state index contributed by atoms with van der Waals surface area (Å²) in [7, 11) is 2.57. The first kappa shape index (κ1) is 18.9. The summed E-state index contributed by atoms with van der Waals surface area (Å²) in [5.74, 6) is 0.683. The molecule has 0 fully saturated rings. The molecule has 1 atom stereocenters. The number of ether oxygens (including phenoxy) is 1. The van der Waals surface area contributed by atoms with Gasteiger partial charge in [0.25, 0.3) is 5.24 Å². The van der Waals surface area contributed by atoms with E-state index in [-0.39, 0.29) is 11.2 Å². The zero-order valence-electron chi connectivity index (χ0n) is 13.2. The predicted molar refractivity (Wildman–Crippen MR) is 93.7 cm³/mol. The molecule has 0 saturated carbocycles. The number of amides is 1. The number of carbonyl (C=O) groups excluding carboxylic acids is 2. The van der Waals surface area contributed by atoms with Crippen LogP contribution in [0.4, 0.5) is 4.79 Å². The Labute approximate surface area is 140 Å². The first-order valence-corrected chi connectivity index (χ1v) is 9.65. The van der Waals surface area contributed by atoms with Gasteiger partial charge in [0.1, 0.15) is 6.04 Å². The van der Waals surface area contributed by atoms with E-state index in [2.05, 4.69) is 5.32 Å². The van der Waals surface area contributed by atoms with Gasteiger partial charge in [0.15, 0.2) is 0 Å². The van der Waals surface area contributed by atoms with Gasteiger partial charge in [0, 0.05) is 16.5 Å². The van der Waals surface area contributed by atoms with Gasteiger partial charge in [0.05, 0.1) is 6.61 Å². The van der Waals surface area contributed by atoms with E-state index in [1.165, 1.54) is 10.8 Å². The first-order chi connectivity index (χ1) is 10.5. The molecule has 0 bridgehead atoms. The Morgan fingerprint density at radius 3 is 2.50 bits per heavy atom. The minimum absolute atomic E-state index is 0.209. The van der Waals surface area contributed by atoms with Gasteiger partial charge in [-0.3, -0.25) is 4.79 Å². The van der Waals surface area contributed by atoms with Gasteiger partial charge in [-0.1, -0.05) is 55.0 Å². The fourth-order valence-electron chi connectivity index (χ4n) is 1.82. The van der Waals surface area contributed by atoms with Gasteiger partial charge in [-0.15, -0.1) is 0 Å². The third-order valence-electron chi connectivity index (χ3n) is 2.77. The second-order valence-corrected chi connectivity index (χ2v) is 7.47. The minimum atomic E-state index is -0.572. The van der Waals surface area contributed by atoms with Crippen LogP contribution in [0.15, 0.2) is 30.3 Å². The van der Waals surface area contributed by atoms with Crippen LogP contribution in [0.25, 0.3) is 0 Å². The van der Waals surface area contributed by atoms with E-state index in [9.17, 15) is 9.59 Å². The number of carbonyl (C=O) groups is 2. The molecule has 1 aromatic carbocycles. The van der Waals surface area contributed by atoms with Crippen molar-refractivity contribution in [2.75, 3.05) is 6.61 Å². The molecule has 0 aromatic heterocycles. The molecule has 1 unspecified atom stereocenters. The highest BCUT2D eigenvalue weighted by molar-refractivity contribution is 8.81. The number of nitrogens with one attached hydrogen (secondary N) is 1. The SMILES string of the molecule is CCOC(=O)C(CC(C)C)NC(=O)SSCc1ccccc1. The highest BCUT2D eigenvalue weighted by Crippen LogP contribution is 2.26. The van der Waals surface area contributed by atoms with Gasteiger partial charge in [-0.25, -0.2) is 4.79 Å².